The molecular formula is C20H25NO3S. The number of aryl methyl sites for hydroxylation is 1. The van der Waals surface area contributed by atoms with E-state index >= 15 is 0 Å². The van der Waals surface area contributed by atoms with Crippen molar-refractivity contribution < 1.29 is 13.2 Å². The third-order valence-corrected chi connectivity index (χ3v) is 6.00. The zero-order valence-electron chi connectivity index (χ0n) is 15.2. The average molecular weight is 359 g/mol. The van der Waals surface area contributed by atoms with E-state index in [9.17, 15) is 13.2 Å². The zero-order chi connectivity index (χ0) is 18.6. The van der Waals surface area contributed by atoms with E-state index < -0.39 is 9.84 Å². The van der Waals surface area contributed by atoms with Gasteiger partial charge in [0.2, 0.25) is 5.91 Å². The number of amides is 1. The SMILES string of the molecule is Cc1ccc(S(=O)(=O)CCC(=O)N(C)c2cccc(C(C)C)c2)cc1. The van der Waals surface area contributed by atoms with Gasteiger partial charge in [0.05, 0.1) is 10.6 Å². The van der Waals surface area contributed by atoms with Crippen molar-refractivity contribution in [1.82, 2.24) is 0 Å². The van der Waals surface area contributed by atoms with E-state index in [1.165, 1.54) is 4.90 Å². The Kier molecular flexibility index (Phi) is 6.01. The van der Waals surface area contributed by atoms with Gasteiger partial charge in [0.15, 0.2) is 9.84 Å². The van der Waals surface area contributed by atoms with Gasteiger partial charge in [-0.05, 0) is 42.7 Å². The number of rotatable bonds is 6. The average Bonchev–Trinajstić information content (AvgIpc) is 2.59. The summed E-state index contributed by atoms with van der Waals surface area (Å²) in [7, 11) is -1.78. The molecule has 25 heavy (non-hydrogen) atoms. The highest BCUT2D eigenvalue weighted by molar-refractivity contribution is 7.91. The largest absolute Gasteiger partial charge is 0.315 e. The lowest BCUT2D eigenvalue weighted by Gasteiger charge is -2.19. The first kappa shape index (κ1) is 19.2. The molecule has 0 heterocycles. The molecule has 0 fully saturated rings. The number of anilines is 1. The fourth-order valence-electron chi connectivity index (χ4n) is 2.49. The standard InChI is InChI=1S/C20H25NO3S/c1-15(2)17-6-5-7-18(14-17)21(4)20(22)12-13-25(23,24)19-10-8-16(3)9-11-19/h5-11,14-15H,12-13H2,1-4H3. The quantitative estimate of drug-likeness (QED) is 0.785. The molecule has 4 nitrogen and oxygen atoms in total. The second-order valence-electron chi connectivity index (χ2n) is 6.58. The van der Waals surface area contributed by atoms with Crippen LogP contribution in [0.15, 0.2) is 53.4 Å². The van der Waals surface area contributed by atoms with Gasteiger partial charge < -0.3 is 4.90 Å². The molecule has 0 atom stereocenters. The first-order valence-electron chi connectivity index (χ1n) is 8.36. The number of carbonyl (C=O) groups is 1. The normalized spacial score (nSPS) is 11.6. The van der Waals surface area contributed by atoms with Crippen LogP contribution >= 0.6 is 0 Å². The molecule has 0 aromatic heterocycles. The summed E-state index contributed by atoms with van der Waals surface area (Å²) in [6, 6.07) is 14.5. The Hall–Kier alpha value is -2.14. The number of hydrogen-bond acceptors (Lipinski definition) is 3. The number of nitrogens with zero attached hydrogens (tertiary/aromatic N) is 1. The van der Waals surface area contributed by atoms with Gasteiger partial charge >= 0.3 is 0 Å². The van der Waals surface area contributed by atoms with E-state index in [0.29, 0.717) is 5.92 Å². The minimum Gasteiger partial charge on any atom is -0.315 e. The molecule has 0 N–H and O–H groups in total. The van der Waals surface area contributed by atoms with Crippen molar-refractivity contribution in [1.29, 1.82) is 0 Å². The molecule has 0 saturated carbocycles. The monoisotopic (exact) mass is 359 g/mol. The maximum Gasteiger partial charge on any atom is 0.227 e. The molecule has 2 aromatic rings. The highest BCUT2D eigenvalue weighted by Gasteiger charge is 2.19. The summed E-state index contributed by atoms with van der Waals surface area (Å²) >= 11 is 0. The molecular weight excluding hydrogens is 334 g/mol. The molecule has 1 amide bonds. The minimum absolute atomic E-state index is 0.0430. The molecule has 0 unspecified atom stereocenters. The van der Waals surface area contributed by atoms with Crippen molar-refractivity contribution in [3.63, 3.8) is 0 Å². The van der Waals surface area contributed by atoms with Crippen molar-refractivity contribution >= 4 is 21.4 Å². The van der Waals surface area contributed by atoms with Crippen LogP contribution in [0.4, 0.5) is 5.69 Å². The number of carbonyl (C=O) groups excluding carboxylic acids is 1. The second kappa shape index (κ2) is 7.83. The van der Waals surface area contributed by atoms with Crippen molar-refractivity contribution in [3.05, 3.63) is 59.7 Å². The summed E-state index contributed by atoms with van der Waals surface area (Å²) in [4.78, 5) is 14.2. The maximum atomic E-state index is 12.4. The van der Waals surface area contributed by atoms with Crippen LogP contribution in [0.25, 0.3) is 0 Å². The van der Waals surface area contributed by atoms with Crippen molar-refractivity contribution in [2.24, 2.45) is 0 Å². The Balaban J connectivity index is 2.06. The van der Waals surface area contributed by atoms with Crippen LogP contribution < -0.4 is 4.90 Å². The van der Waals surface area contributed by atoms with Crippen molar-refractivity contribution in [2.75, 3.05) is 17.7 Å². The first-order chi connectivity index (χ1) is 11.7. The fourth-order valence-corrected chi connectivity index (χ4v) is 3.72. The molecule has 0 radical (unpaired) electrons. The van der Waals surface area contributed by atoms with Crippen molar-refractivity contribution in [2.45, 2.75) is 38.0 Å². The van der Waals surface area contributed by atoms with Gasteiger partial charge in [-0.3, -0.25) is 4.79 Å². The van der Waals surface area contributed by atoms with Gasteiger partial charge in [0.25, 0.3) is 0 Å². The lowest BCUT2D eigenvalue weighted by Crippen LogP contribution is -2.28. The van der Waals surface area contributed by atoms with Crippen molar-refractivity contribution in [3.8, 4) is 0 Å². The molecule has 134 valence electrons. The van der Waals surface area contributed by atoms with E-state index in [2.05, 4.69) is 13.8 Å². The summed E-state index contributed by atoms with van der Waals surface area (Å²) in [5.41, 5.74) is 2.92. The van der Waals surface area contributed by atoms with Crippen LogP contribution in [0.3, 0.4) is 0 Å². The predicted molar refractivity (Wildman–Crippen MR) is 102 cm³/mol. The van der Waals surface area contributed by atoms with Crippen LogP contribution in [0.5, 0.6) is 0 Å². The maximum absolute atomic E-state index is 12.4. The van der Waals surface area contributed by atoms with Crippen LogP contribution in [0.1, 0.15) is 37.3 Å². The highest BCUT2D eigenvalue weighted by atomic mass is 32.2. The van der Waals surface area contributed by atoms with Gasteiger partial charge in [-0.15, -0.1) is 0 Å². The molecule has 0 aliphatic carbocycles. The van der Waals surface area contributed by atoms with Gasteiger partial charge in [0.1, 0.15) is 0 Å². The molecule has 2 aromatic carbocycles. The Morgan fingerprint density at radius 3 is 2.32 bits per heavy atom. The lowest BCUT2D eigenvalue weighted by atomic mass is 10.0. The third kappa shape index (κ3) is 4.92. The topological polar surface area (TPSA) is 54.5 Å². The predicted octanol–water partition coefficient (Wildman–Crippen LogP) is 3.95. The minimum atomic E-state index is -3.46. The number of benzene rings is 2. The summed E-state index contributed by atoms with van der Waals surface area (Å²) in [5.74, 6) is -0.0368. The molecule has 0 aliphatic rings. The number of sulfone groups is 1. The van der Waals surface area contributed by atoms with Gasteiger partial charge in [-0.2, -0.15) is 0 Å². The van der Waals surface area contributed by atoms with Gasteiger partial charge in [0, 0.05) is 19.2 Å². The second-order valence-corrected chi connectivity index (χ2v) is 8.69. The molecule has 5 heteroatoms. The van der Waals surface area contributed by atoms with E-state index in [1.54, 1.807) is 31.3 Å². The Morgan fingerprint density at radius 1 is 1.08 bits per heavy atom. The van der Waals surface area contributed by atoms with Crippen LogP contribution in [-0.4, -0.2) is 27.1 Å². The Labute approximate surface area is 150 Å². The van der Waals surface area contributed by atoms with E-state index in [0.717, 1.165) is 16.8 Å². The molecule has 0 aliphatic heterocycles. The Bertz CT molecular complexity index is 839. The third-order valence-electron chi connectivity index (χ3n) is 4.26. The molecule has 0 saturated heterocycles. The Morgan fingerprint density at radius 2 is 1.72 bits per heavy atom. The van der Waals surface area contributed by atoms with E-state index in [1.807, 2.05) is 31.2 Å². The molecule has 2 rings (SSSR count). The summed E-state index contributed by atoms with van der Waals surface area (Å²) in [6.45, 7) is 6.09. The lowest BCUT2D eigenvalue weighted by molar-refractivity contribution is -0.117. The summed E-state index contributed by atoms with van der Waals surface area (Å²) in [6.07, 6.45) is -0.0430. The van der Waals surface area contributed by atoms with Crippen LogP contribution in [-0.2, 0) is 14.6 Å². The van der Waals surface area contributed by atoms with Gasteiger partial charge in [-0.25, -0.2) is 8.42 Å². The van der Waals surface area contributed by atoms with Gasteiger partial charge in [-0.1, -0.05) is 43.7 Å². The zero-order valence-corrected chi connectivity index (χ0v) is 16.0. The van der Waals surface area contributed by atoms with Crippen LogP contribution in [0.2, 0.25) is 0 Å². The van der Waals surface area contributed by atoms with E-state index in [4.69, 9.17) is 0 Å². The number of hydrogen-bond donors (Lipinski definition) is 0. The fraction of sp³-hybridized carbons (Fsp3) is 0.350. The smallest absolute Gasteiger partial charge is 0.227 e. The molecule has 0 bridgehead atoms. The summed E-state index contributed by atoms with van der Waals surface area (Å²) in [5, 5.41) is 0. The molecule has 0 spiro atoms. The first-order valence-corrected chi connectivity index (χ1v) is 10.0. The van der Waals surface area contributed by atoms with E-state index in [-0.39, 0.29) is 23.0 Å². The van der Waals surface area contributed by atoms with Crippen LogP contribution in [0, 0.1) is 6.92 Å². The highest BCUT2D eigenvalue weighted by Crippen LogP contribution is 2.22. The summed E-state index contributed by atoms with van der Waals surface area (Å²) < 4.78 is 24.8.